The van der Waals surface area contributed by atoms with Crippen LogP contribution in [0.5, 0.6) is 0 Å². The molecule has 0 saturated heterocycles. The third-order valence-corrected chi connectivity index (χ3v) is 4.28. The van der Waals surface area contributed by atoms with Crippen molar-refractivity contribution >= 4 is 11.7 Å². The van der Waals surface area contributed by atoms with Gasteiger partial charge in [-0.25, -0.2) is 4.39 Å². The number of aliphatic hydroxyl groups is 1. The summed E-state index contributed by atoms with van der Waals surface area (Å²) in [6, 6.07) is 7.73. The van der Waals surface area contributed by atoms with Crippen LogP contribution in [0.25, 0.3) is 0 Å². The highest BCUT2D eigenvalue weighted by Gasteiger charge is 2.45. The van der Waals surface area contributed by atoms with Crippen LogP contribution in [0, 0.1) is 5.82 Å². The number of furan rings is 1. The number of benzene rings is 1. The second-order valence-corrected chi connectivity index (χ2v) is 6.41. The number of rotatable bonds is 7. The zero-order valence-corrected chi connectivity index (χ0v) is 15.0. The molecule has 7 heteroatoms. The van der Waals surface area contributed by atoms with E-state index < -0.39 is 29.3 Å². The lowest BCUT2D eigenvalue weighted by Gasteiger charge is -2.27. The highest BCUT2D eigenvalue weighted by atomic mass is 19.1. The van der Waals surface area contributed by atoms with Gasteiger partial charge in [0.2, 0.25) is 5.78 Å². The van der Waals surface area contributed by atoms with Crippen molar-refractivity contribution in [1.82, 2.24) is 4.90 Å². The topological polar surface area (TPSA) is 80.0 Å². The zero-order chi connectivity index (χ0) is 19.6. The maximum atomic E-state index is 14.5. The molecular weight excluding hydrogens is 353 g/mol. The monoisotopic (exact) mass is 373 g/mol. The molecule has 142 valence electrons. The molecule has 0 fully saturated rings. The van der Waals surface area contributed by atoms with E-state index in [0.29, 0.717) is 0 Å². The van der Waals surface area contributed by atoms with Gasteiger partial charge in [0.1, 0.15) is 5.82 Å². The fraction of sp³-hybridized carbons (Fsp3) is 0.300. The van der Waals surface area contributed by atoms with Crippen LogP contribution in [-0.4, -0.2) is 41.0 Å². The smallest absolute Gasteiger partial charge is 0.290 e. The molecule has 1 amide bonds. The second-order valence-electron chi connectivity index (χ2n) is 6.41. The average Bonchev–Trinajstić information content (AvgIpc) is 3.24. The summed E-state index contributed by atoms with van der Waals surface area (Å²) < 4.78 is 25.1. The highest BCUT2D eigenvalue weighted by molar-refractivity contribution is 6.15. The minimum atomic E-state index is -1.06. The maximum absolute atomic E-state index is 14.5. The molecule has 3 rings (SSSR count). The van der Waals surface area contributed by atoms with Gasteiger partial charge < -0.3 is 19.2 Å². The normalized spacial score (nSPS) is 17.3. The van der Waals surface area contributed by atoms with E-state index >= 15 is 0 Å². The molecule has 0 spiro atoms. The summed E-state index contributed by atoms with van der Waals surface area (Å²) >= 11 is 0. The first-order chi connectivity index (χ1) is 12.9. The summed E-state index contributed by atoms with van der Waals surface area (Å²) in [6.45, 7) is 3.97. The minimum Gasteiger partial charge on any atom is -0.503 e. The summed E-state index contributed by atoms with van der Waals surface area (Å²) in [5.41, 5.74) is -0.0843. The minimum absolute atomic E-state index is 0.0361. The first kappa shape index (κ1) is 18.8. The van der Waals surface area contributed by atoms with Gasteiger partial charge in [-0.05, 0) is 32.0 Å². The van der Waals surface area contributed by atoms with Gasteiger partial charge in [0.05, 0.1) is 30.6 Å². The molecule has 1 aliphatic rings. The number of aliphatic hydroxyl groups excluding tert-OH is 1. The quantitative estimate of drug-likeness (QED) is 0.752. The van der Waals surface area contributed by atoms with Gasteiger partial charge in [-0.2, -0.15) is 0 Å². The number of hydrogen-bond donors (Lipinski definition) is 1. The molecule has 2 heterocycles. The van der Waals surface area contributed by atoms with Gasteiger partial charge in [0, 0.05) is 12.1 Å². The molecule has 0 aliphatic carbocycles. The standard InChI is InChI=1S/C20H20FNO5/c1-12(2)26-11-9-22-17(13-6-3-4-7-14(13)21)16(19(24)20(22)25)18(23)15-8-5-10-27-15/h3-8,10,12,17,24H,9,11H2,1-2H3. The predicted octanol–water partition coefficient (Wildman–Crippen LogP) is 3.42. The Morgan fingerprint density at radius 3 is 2.67 bits per heavy atom. The molecule has 1 aromatic heterocycles. The zero-order valence-electron chi connectivity index (χ0n) is 15.0. The van der Waals surface area contributed by atoms with E-state index in [1.807, 2.05) is 13.8 Å². The van der Waals surface area contributed by atoms with Crippen LogP contribution in [0.3, 0.4) is 0 Å². The van der Waals surface area contributed by atoms with Crippen molar-refractivity contribution in [3.63, 3.8) is 0 Å². The van der Waals surface area contributed by atoms with Crippen LogP contribution in [0.1, 0.15) is 36.0 Å². The van der Waals surface area contributed by atoms with Crippen molar-refractivity contribution in [3.8, 4) is 0 Å². The van der Waals surface area contributed by atoms with Gasteiger partial charge in [-0.3, -0.25) is 9.59 Å². The molecule has 0 bridgehead atoms. The molecule has 6 nitrogen and oxygen atoms in total. The van der Waals surface area contributed by atoms with Gasteiger partial charge in [-0.15, -0.1) is 0 Å². The van der Waals surface area contributed by atoms with Crippen LogP contribution in [0.2, 0.25) is 0 Å². The lowest BCUT2D eigenvalue weighted by Crippen LogP contribution is -2.35. The Labute approximate surface area is 155 Å². The molecule has 1 atom stereocenters. The molecule has 27 heavy (non-hydrogen) atoms. The Hall–Kier alpha value is -2.93. The second kappa shape index (κ2) is 7.75. The summed E-state index contributed by atoms with van der Waals surface area (Å²) in [6.07, 6.45) is 1.26. The lowest BCUT2D eigenvalue weighted by atomic mass is 9.94. The maximum Gasteiger partial charge on any atom is 0.290 e. The van der Waals surface area contributed by atoms with Crippen LogP contribution >= 0.6 is 0 Å². The van der Waals surface area contributed by atoms with Crippen LogP contribution in [0.4, 0.5) is 4.39 Å². The van der Waals surface area contributed by atoms with Crippen LogP contribution < -0.4 is 0 Å². The van der Waals surface area contributed by atoms with Crippen molar-refractivity contribution in [2.24, 2.45) is 0 Å². The third-order valence-electron chi connectivity index (χ3n) is 4.28. The van der Waals surface area contributed by atoms with Crippen molar-refractivity contribution in [2.75, 3.05) is 13.2 Å². The molecule has 2 aromatic rings. The van der Waals surface area contributed by atoms with Crippen molar-refractivity contribution in [2.45, 2.75) is 26.0 Å². The number of hydrogen-bond acceptors (Lipinski definition) is 5. The van der Waals surface area contributed by atoms with E-state index in [0.717, 1.165) is 0 Å². The number of carbonyl (C=O) groups is 2. The van der Waals surface area contributed by atoms with Gasteiger partial charge in [0.25, 0.3) is 5.91 Å². The largest absolute Gasteiger partial charge is 0.503 e. The lowest BCUT2D eigenvalue weighted by molar-refractivity contribution is -0.130. The Balaban J connectivity index is 2.02. The fourth-order valence-electron chi connectivity index (χ4n) is 3.06. The van der Waals surface area contributed by atoms with E-state index in [-0.39, 0.29) is 36.2 Å². The van der Waals surface area contributed by atoms with Crippen molar-refractivity contribution < 1.29 is 28.2 Å². The Kier molecular flexibility index (Phi) is 5.41. The Bertz CT molecular complexity index is 872. The summed E-state index contributed by atoms with van der Waals surface area (Å²) in [7, 11) is 0. The number of halogens is 1. The van der Waals surface area contributed by atoms with E-state index in [2.05, 4.69) is 0 Å². The summed E-state index contributed by atoms with van der Waals surface area (Å²) in [5.74, 6) is -2.72. The van der Waals surface area contributed by atoms with Gasteiger partial charge in [-0.1, -0.05) is 18.2 Å². The number of amides is 1. The third kappa shape index (κ3) is 3.64. The highest BCUT2D eigenvalue weighted by Crippen LogP contribution is 2.39. The van der Waals surface area contributed by atoms with E-state index in [1.165, 1.54) is 41.5 Å². The number of nitrogens with zero attached hydrogens (tertiary/aromatic N) is 1. The number of ketones is 1. The van der Waals surface area contributed by atoms with Crippen LogP contribution in [0.15, 0.2) is 58.4 Å². The molecular formula is C20H20FNO5. The number of ether oxygens (including phenoxy) is 1. The molecule has 0 radical (unpaired) electrons. The molecule has 1 aliphatic heterocycles. The summed E-state index contributed by atoms with van der Waals surface area (Å²) in [4.78, 5) is 26.7. The SMILES string of the molecule is CC(C)OCCN1C(=O)C(O)=C(C(=O)c2ccco2)C1c1ccccc1F. The van der Waals surface area contributed by atoms with E-state index in [4.69, 9.17) is 9.15 Å². The van der Waals surface area contributed by atoms with Crippen molar-refractivity contribution in [3.05, 3.63) is 71.1 Å². The molecule has 1 N–H and O–H groups in total. The first-order valence-electron chi connectivity index (χ1n) is 8.60. The Morgan fingerprint density at radius 2 is 2.04 bits per heavy atom. The van der Waals surface area contributed by atoms with Crippen molar-refractivity contribution in [1.29, 1.82) is 0 Å². The number of Topliss-reactive ketones (excluding diaryl/α,β-unsaturated/α-hetero) is 1. The first-order valence-corrected chi connectivity index (χ1v) is 8.60. The molecule has 0 saturated carbocycles. The Morgan fingerprint density at radius 1 is 1.30 bits per heavy atom. The fourth-order valence-corrected chi connectivity index (χ4v) is 3.06. The summed E-state index contributed by atoms with van der Waals surface area (Å²) in [5, 5.41) is 10.4. The average molecular weight is 373 g/mol. The van der Waals surface area contributed by atoms with E-state index in [1.54, 1.807) is 6.07 Å². The van der Waals surface area contributed by atoms with E-state index in [9.17, 15) is 19.1 Å². The van der Waals surface area contributed by atoms with Crippen LogP contribution in [-0.2, 0) is 9.53 Å². The van der Waals surface area contributed by atoms with Gasteiger partial charge in [0.15, 0.2) is 11.5 Å². The predicted molar refractivity (Wildman–Crippen MR) is 94.6 cm³/mol. The number of carbonyl (C=O) groups excluding carboxylic acids is 2. The molecule has 1 aromatic carbocycles. The molecule has 1 unspecified atom stereocenters. The van der Waals surface area contributed by atoms with Gasteiger partial charge >= 0.3 is 0 Å².